The van der Waals surface area contributed by atoms with E-state index in [2.05, 4.69) is 51.7 Å². The van der Waals surface area contributed by atoms with Crippen LogP contribution < -0.4 is 10.6 Å². The third-order valence-electron chi connectivity index (χ3n) is 10.5. The molecule has 0 aromatic carbocycles. The second kappa shape index (κ2) is 10.6. The molecule has 3 saturated carbocycles. The zero-order valence-corrected chi connectivity index (χ0v) is 22.8. The maximum atomic E-state index is 14.2. The Labute approximate surface area is 218 Å². The van der Waals surface area contributed by atoms with Crippen LogP contribution >= 0.6 is 0 Å². The number of amides is 2. The van der Waals surface area contributed by atoms with Crippen LogP contribution in [0.15, 0.2) is 24.3 Å². The van der Waals surface area contributed by atoms with Gasteiger partial charge in [-0.2, -0.15) is 0 Å². The molecule has 0 aromatic rings. The van der Waals surface area contributed by atoms with Crippen molar-refractivity contribution in [3.05, 3.63) is 24.3 Å². The second-order valence-corrected chi connectivity index (χ2v) is 12.3. The van der Waals surface area contributed by atoms with Crippen LogP contribution in [0.3, 0.4) is 0 Å². The molecule has 5 rings (SSSR count). The SMILES string of the molecule is CCN(C[C@@H]1CCCN1C(=O)[C@@H](NC(=O)C(C)NC)C1CCCCCC1)C1CCC23C=CC=CC12C3. The topological polar surface area (TPSA) is 64.7 Å². The zero-order valence-electron chi connectivity index (χ0n) is 22.8. The first-order valence-electron chi connectivity index (χ1n) is 14.8. The van der Waals surface area contributed by atoms with E-state index < -0.39 is 6.04 Å². The number of carbonyl (C=O) groups is 2. The quantitative estimate of drug-likeness (QED) is 0.473. The maximum absolute atomic E-state index is 14.2. The summed E-state index contributed by atoms with van der Waals surface area (Å²) in [6, 6.07) is 0.136. The molecule has 1 aliphatic heterocycles. The van der Waals surface area contributed by atoms with Gasteiger partial charge in [-0.15, -0.1) is 0 Å². The predicted molar refractivity (Wildman–Crippen MR) is 144 cm³/mol. The first-order chi connectivity index (χ1) is 17.4. The van der Waals surface area contributed by atoms with Gasteiger partial charge in [0, 0.05) is 36.0 Å². The van der Waals surface area contributed by atoms with Gasteiger partial charge < -0.3 is 15.5 Å². The van der Waals surface area contributed by atoms with Crippen LogP contribution in [-0.2, 0) is 9.59 Å². The van der Waals surface area contributed by atoms with Gasteiger partial charge in [0.05, 0.1) is 6.04 Å². The molecule has 4 unspecified atom stereocenters. The number of likely N-dealkylation sites (tertiary alicyclic amines) is 1. The van der Waals surface area contributed by atoms with Crippen molar-refractivity contribution in [1.29, 1.82) is 0 Å². The number of likely N-dealkylation sites (N-methyl/N-ethyl adjacent to an activating group) is 2. The Kier molecular flexibility index (Phi) is 7.65. The molecule has 6 heteroatoms. The minimum Gasteiger partial charge on any atom is -0.343 e. The molecular formula is C30H48N4O2. The third-order valence-corrected chi connectivity index (χ3v) is 10.5. The second-order valence-electron chi connectivity index (χ2n) is 12.3. The van der Waals surface area contributed by atoms with Crippen LogP contribution in [-0.4, -0.2) is 72.5 Å². The Hall–Kier alpha value is -1.66. The van der Waals surface area contributed by atoms with Gasteiger partial charge in [-0.3, -0.25) is 14.5 Å². The Morgan fingerprint density at radius 1 is 1.06 bits per heavy atom. The van der Waals surface area contributed by atoms with Gasteiger partial charge in [-0.1, -0.05) is 56.9 Å². The van der Waals surface area contributed by atoms with Crippen LogP contribution in [0.25, 0.3) is 0 Å². The summed E-state index contributed by atoms with van der Waals surface area (Å²) in [7, 11) is 1.80. The Morgan fingerprint density at radius 3 is 2.53 bits per heavy atom. The summed E-state index contributed by atoms with van der Waals surface area (Å²) in [5.74, 6) is 0.359. The normalized spacial score (nSPS) is 35.3. The minimum absolute atomic E-state index is 0.0571. The molecule has 4 aliphatic carbocycles. The van der Waals surface area contributed by atoms with E-state index in [1.54, 1.807) is 7.05 Å². The lowest BCUT2D eigenvalue weighted by Gasteiger charge is -2.39. The average Bonchev–Trinajstić information content (AvgIpc) is 3.34. The monoisotopic (exact) mass is 496 g/mol. The van der Waals surface area contributed by atoms with Crippen LogP contribution in [0.5, 0.6) is 0 Å². The lowest BCUT2D eigenvalue weighted by Crippen LogP contribution is -2.57. The summed E-state index contributed by atoms with van der Waals surface area (Å²) >= 11 is 0. The van der Waals surface area contributed by atoms with Crippen molar-refractivity contribution < 1.29 is 9.59 Å². The fraction of sp³-hybridized carbons (Fsp3) is 0.800. The van der Waals surface area contributed by atoms with E-state index >= 15 is 0 Å². The summed E-state index contributed by atoms with van der Waals surface area (Å²) in [4.78, 5) is 31.9. The number of hydrogen-bond acceptors (Lipinski definition) is 4. The fourth-order valence-corrected chi connectivity index (χ4v) is 8.19. The molecule has 0 spiro atoms. The number of rotatable bonds is 9. The van der Waals surface area contributed by atoms with E-state index in [9.17, 15) is 9.59 Å². The van der Waals surface area contributed by atoms with Gasteiger partial charge in [-0.05, 0) is 71.4 Å². The van der Waals surface area contributed by atoms with Crippen LogP contribution in [0.4, 0.5) is 0 Å². The maximum Gasteiger partial charge on any atom is 0.245 e. The number of nitrogens with zero attached hydrogens (tertiary/aromatic N) is 2. The molecule has 6 nitrogen and oxygen atoms in total. The molecule has 200 valence electrons. The van der Waals surface area contributed by atoms with E-state index in [-0.39, 0.29) is 29.8 Å². The van der Waals surface area contributed by atoms with Crippen molar-refractivity contribution in [2.45, 2.75) is 109 Å². The van der Waals surface area contributed by atoms with Crippen molar-refractivity contribution in [1.82, 2.24) is 20.4 Å². The summed E-state index contributed by atoms with van der Waals surface area (Å²) in [5.41, 5.74) is 0.731. The van der Waals surface area contributed by atoms with Crippen molar-refractivity contribution in [2.24, 2.45) is 16.7 Å². The summed E-state index contributed by atoms with van der Waals surface area (Å²) in [6.07, 6.45) is 22.3. The molecule has 0 radical (unpaired) electrons. The Bertz CT molecular complexity index is 878. The van der Waals surface area contributed by atoms with Crippen molar-refractivity contribution in [3.63, 3.8) is 0 Å². The molecule has 1 heterocycles. The largest absolute Gasteiger partial charge is 0.343 e. The van der Waals surface area contributed by atoms with Gasteiger partial charge in [-0.25, -0.2) is 0 Å². The van der Waals surface area contributed by atoms with Crippen molar-refractivity contribution in [2.75, 3.05) is 26.7 Å². The first-order valence-corrected chi connectivity index (χ1v) is 14.8. The highest BCUT2D eigenvalue weighted by Gasteiger charge is 2.72. The van der Waals surface area contributed by atoms with Crippen molar-refractivity contribution >= 4 is 11.8 Å². The smallest absolute Gasteiger partial charge is 0.245 e. The lowest BCUT2D eigenvalue weighted by atomic mass is 9.88. The zero-order chi connectivity index (χ0) is 25.3. The van der Waals surface area contributed by atoms with E-state index in [1.807, 2.05) is 6.92 Å². The number of allylic oxidation sites excluding steroid dienone is 3. The summed E-state index contributed by atoms with van der Waals surface area (Å²) in [5, 5.41) is 6.25. The Balaban J connectivity index is 1.30. The molecule has 0 bridgehead atoms. The molecule has 5 aliphatic rings. The summed E-state index contributed by atoms with van der Waals surface area (Å²) < 4.78 is 0. The van der Waals surface area contributed by atoms with Crippen LogP contribution in [0.1, 0.15) is 84.5 Å². The molecule has 4 fully saturated rings. The standard InChI is InChI=1S/C30H48N4O2/c1-4-33(25-15-18-29-16-9-10-17-30(25,29)21-29)20-24-14-11-19-34(24)28(36)26(32-27(35)22(2)31-3)23-12-7-5-6-8-13-23/h9-10,16-17,22-26,31H,4-8,11-15,18-21H2,1-3H3,(H,32,35)/t22?,24-,25?,26-,29?,30?/m0/s1. The fourth-order valence-electron chi connectivity index (χ4n) is 8.19. The van der Waals surface area contributed by atoms with Gasteiger partial charge in [0.1, 0.15) is 6.04 Å². The van der Waals surface area contributed by atoms with E-state index in [4.69, 9.17) is 0 Å². The van der Waals surface area contributed by atoms with Crippen LogP contribution in [0, 0.1) is 16.7 Å². The van der Waals surface area contributed by atoms with Crippen molar-refractivity contribution in [3.8, 4) is 0 Å². The molecule has 2 amide bonds. The van der Waals surface area contributed by atoms with Gasteiger partial charge >= 0.3 is 0 Å². The molecular weight excluding hydrogens is 448 g/mol. The number of nitrogens with one attached hydrogen (secondary N) is 2. The first kappa shape index (κ1) is 26.0. The van der Waals surface area contributed by atoms with E-state index in [0.717, 1.165) is 58.2 Å². The Morgan fingerprint density at radius 2 is 1.81 bits per heavy atom. The molecule has 36 heavy (non-hydrogen) atoms. The van der Waals surface area contributed by atoms with E-state index in [0.29, 0.717) is 16.9 Å². The van der Waals surface area contributed by atoms with E-state index in [1.165, 1.54) is 32.1 Å². The molecule has 1 saturated heterocycles. The predicted octanol–water partition coefficient (Wildman–Crippen LogP) is 4.03. The highest BCUT2D eigenvalue weighted by molar-refractivity contribution is 5.90. The lowest BCUT2D eigenvalue weighted by molar-refractivity contribution is -0.139. The number of carbonyl (C=O) groups excluding carboxylic acids is 2. The molecule has 2 N–H and O–H groups in total. The molecule has 0 aromatic heterocycles. The van der Waals surface area contributed by atoms with Gasteiger partial charge in [0.2, 0.25) is 11.8 Å². The summed E-state index contributed by atoms with van der Waals surface area (Å²) in [6.45, 7) is 6.97. The van der Waals surface area contributed by atoms with Crippen LogP contribution in [0.2, 0.25) is 0 Å². The highest BCUT2D eigenvalue weighted by Crippen LogP contribution is 2.76. The van der Waals surface area contributed by atoms with Gasteiger partial charge in [0.15, 0.2) is 0 Å². The highest BCUT2D eigenvalue weighted by atomic mass is 16.2. The average molecular weight is 497 g/mol. The van der Waals surface area contributed by atoms with Gasteiger partial charge in [0.25, 0.3) is 0 Å². The number of hydrogen-bond donors (Lipinski definition) is 2. The molecule has 6 atom stereocenters. The minimum atomic E-state index is -0.394. The third kappa shape index (κ3) is 4.57.